The van der Waals surface area contributed by atoms with Crippen molar-refractivity contribution in [2.24, 2.45) is 0 Å². The number of amides is 2. The number of carbonyl (C=O) groups is 3. The molecule has 1 fully saturated rings. The zero-order valence-corrected chi connectivity index (χ0v) is 20.7. The van der Waals surface area contributed by atoms with E-state index in [0.717, 1.165) is 16.7 Å². The van der Waals surface area contributed by atoms with E-state index in [1.807, 2.05) is 43.0 Å². The number of carbonyl (C=O) groups excluding carboxylic acids is 3. The number of nitrogens with one attached hydrogen (secondary N) is 1. The van der Waals surface area contributed by atoms with E-state index >= 15 is 0 Å². The van der Waals surface area contributed by atoms with Crippen LogP contribution in [0.2, 0.25) is 0 Å². The summed E-state index contributed by atoms with van der Waals surface area (Å²) in [5.74, 6) is 0.512. The molecule has 1 aliphatic rings. The average molecular weight is 486 g/mol. The van der Waals surface area contributed by atoms with E-state index in [1.165, 1.54) is 0 Å². The molecule has 3 aromatic rings. The highest BCUT2D eigenvalue weighted by Crippen LogP contribution is 2.16. The summed E-state index contributed by atoms with van der Waals surface area (Å²) >= 11 is 0. The summed E-state index contributed by atoms with van der Waals surface area (Å²) in [5, 5.41) is 2.83. The largest absolute Gasteiger partial charge is 0.339 e. The van der Waals surface area contributed by atoms with Gasteiger partial charge in [0.2, 0.25) is 17.8 Å². The lowest BCUT2D eigenvalue weighted by molar-refractivity contribution is -0.130. The van der Waals surface area contributed by atoms with Gasteiger partial charge in [-0.1, -0.05) is 24.3 Å². The third kappa shape index (κ3) is 6.53. The lowest BCUT2D eigenvalue weighted by Crippen LogP contribution is -2.49. The van der Waals surface area contributed by atoms with Crippen LogP contribution in [0.1, 0.15) is 39.9 Å². The lowest BCUT2D eigenvalue weighted by atomic mass is 10.0. The predicted molar refractivity (Wildman–Crippen MR) is 139 cm³/mol. The minimum Gasteiger partial charge on any atom is -0.339 e. The van der Waals surface area contributed by atoms with Crippen molar-refractivity contribution in [1.29, 1.82) is 0 Å². The first kappa shape index (κ1) is 25.0. The minimum atomic E-state index is -0.212. The SMILES string of the molecule is Cc1ccc(C(=O)CCC(=O)Nc2ccc(CC(=O)N3CCN(c4ncccn4)CC3)cc2)cc1C. The second-order valence-electron chi connectivity index (χ2n) is 9.06. The van der Waals surface area contributed by atoms with Gasteiger partial charge in [-0.05, 0) is 54.8 Å². The quantitative estimate of drug-likeness (QED) is 0.490. The molecule has 4 rings (SSSR count). The van der Waals surface area contributed by atoms with Crippen LogP contribution in [0.3, 0.4) is 0 Å². The van der Waals surface area contributed by atoms with Gasteiger partial charge < -0.3 is 15.1 Å². The number of Topliss-reactive ketones (excluding diaryl/α,β-unsaturated/α-hetero) is 1. The minimum absolute atomic E-state index is 0.0424. The van der Waals surface area contributed by atoms with Crippen LogP contribution in [-0.4, -0.2) is 58.6 Å². The third-order valence-corrected chi connectivity index (χ3v) is 6.47. The Morgan fingerprint density at radius 2 is 1.56 bits per heavy atom. The second-order valence-corrected chi connectivity index (χ2v) is 9.06. The molecule has 186 valence electrons. The van der Waals surface area contributed by atoms with Crippen LogP contribution < -0.4 is 10.2 Å². The highest BCUT2D eigenvalue weighted by atomic mass is 16.2. The molecule has 8 nitrogen and oxygen atoms in total. The van der Waals surface area contributed by atoms with Gasteiger partial charge in [0, 0.05) is 62.7 Å². The Bertz CT molecular complexity index is 1220. The van der Waals surface area contributed by atoms with E-state index in [1.54, 1.807) is 36.7 Å². The van der Waals surface area contributed by atoms with Gasteiger partial charge in [0.1, 0.15) is 0 Å². The van der Waals surface area contributed by atoms with Gasteiger partial charge in [0.25, 0.3) is 0 Å². The molecule has 0 atom stereocenters. The summed E-state index contributed by atoms with van der Waals surface area (Å²) in [6, 6.07) is 14.7. The van der Waals surface area contributed by atoms with Gasteiger partial charge in [-0.2, -0.15) is 0 Å². The van der Waals surface area contributed by atoms with Crippen LogP contribution in [0.25, 0.3) is 0 Å². The summed E-state index contributed by atoms with van der Waals surface area (Å²) in [5.41, 5.74) is 4.36. The Labute approximate surface area is 211 Å². The van der Waals surface area contributed by atoms with Crippen molar-refractivity contribution in [3.05, 3.63) is 83.2 Å². The number of rotatable bonds is 8. The Balaban J connectivity index is 1.21. The van der Waals surface area contributed by atoms with Crippen molar-refractivity contribution in [3.63, 3.8) is 0 Å². The monoisotopic (exact) mass is 485 g/mol. The molecule has 2 heterocycles. The molecule has 1 aromatic heterocycles. The topological polar surface area (TPSA) is 95.5 Å². The molecule has 0 aliphatic carbocycles. The van der Waals surface area contributed by atoms with Crippen LogP contribution in [0.15, 0.2) is 60.9 Å². The molecule has 2 aromatic carbocycles. The first-order chi connectivity index (χ1) is 17.4. The maximum Gasteiger partial charge on any atom is 0.227 e. The van der Waals surface area contributed by atoms with E-state index in [0.29, 0.717) is 49.8 Å². The molecule has 0 bridgehead atoms. The first-order valence-corrected chi connectivity index (χ1v) is 12.2. The van der Waals surface area contributed by atoms with Crippen molar-refractivity contribution in [2.45, 2.75) is 33.1 Å². The number of aryl methyl sites for hydroxylation is 2. The number of anilines is 2. The Hall–Kier alpha value is -4.07. The molecule has 1 aliphatic heterocycles. The van der Waals surface area contributed by atoms with Gasteiger partial charge in [0.15, 0.2) is 5.78 Å². The molecule has 2 amide bonds. The van der Waals surface area contributed by atoms with Crippen LogP contribution in [0, 0.1) is 13.8 Å². The van der Waals surface area contributed by atoms with Crippen LogP contribution in [0.4, 0.5) is 11.6 Å². The number of ketones is 1. The zero-order valence-electron chi connectivity index (χ0n) is 20.7. The molecule has 0 unspecified atom stereocenters. The summed E-state index contributed by atoms with van der Waals surface area (Å²) < 4.78 is 0. The molecule has 0 saturated carbocycles. The number of nitrogens with zero attached hydrogens (tertiary/aromatic N) is 4. The fourth-order valence-corrected chi connectivity index (χ4v) is 4.11. The van der Waals surface area contributed by atoms with Crippen molar-refractivity contribution in [1.82, 2.24) is 14.9 Å². The summed E-state index contributed by atoms with van der Waals surface area (Å²) in [4.78, 5) is 50.0. The summed E-state index contributed by atoms with van der Waals surface area (Å²) in [6.07, 6.45) is 4.02. The highest BCUT2D eigenvalue weighted by molar-refractivity contribution is 6.00. The van der Waals surface area contributed by atoms with Gasteiger partial charge in [-0.3, -0.25) is 14.4 Å². The lowest BCUT2D eigenvalue weighted by Gasteiger charge is -2.34. The van der Waals surface area contributed by atoms with Gasteiger partial charge in [0.05, 0.1) is 6.42 Å². The normalized spacial score (nSPS) is 13.4. The third-order valence-electron chi connectivity index (χ3n) is 6.47. The molecular formula is C28H31N5O3. The Morgan fingerprint density at radius 3 is 2.22 bits per heavy atom. The van der Waals surface area contributed by atoms with E-state index in [4.69, 9.17) is 0 Å². The van der Waals surface area contributed by atoms with Crippen molar-refractivity contribution >= 4 is 29.2 Å². The fraction of sp³-hybridized carbons (Fsp3) is 0.321. The van der Waals surface area contributed by atoms with Crippen LogP contribution in [-0.2, 0) is 16.0 Å². The summed E-state index contributed by atoms with van der Waals surface area (Å²) in [6.45, 7) is 6.64. The number of hydrogen-bond acceptors (Lipinski definition) is 6. The van der Waals surface area contributed by atoms with Crippen molar-refractivity contribution in [2.75, 3.05) is 36.4 Å². The predicted octanol–water partition coefficient (Wildman–Crippen LogP) is 3.59. The van der Waals surface area contributed by atoms with Gasteiger partial charge in [-0.15, -0.1) is 0 Å². The molecule has 1 N–H and O–H groups in total. The van der Waals surface area contributed by atoms with E-state index < -0.39 is 0 Å². The zero-order chi connectivity index (χ0) is 25.5. The standard InChI is InChI=1S/C28H31N5O3/c1-20-4-7-23(18-21(20)2)25(34)10-11-26(35)31-24-8-5-22(6-9-24)19-27(36)32-14-16-33(17-15-32)28-29-12-3-13-30-28/h3-9,12-13,18H,10-11,14-17,19H2,1-2H3,(H,31,35). The van der Waals surface area contributed by atoms with Crippen LogP contribution in [0.5, 0.6) is 0 Å². The molecule has 8 heteroatoms. The number of piperazine rings is 1. The summed E-state index contributed by atoms with van der Waals surface area (Å²) in [7, 11) is 0. The van der Waals surface area contributed by atoms with Crippen molar-refractivity contribution in [3.8, 4) is 0 Å². The smallest absolute Gasteiger partial charge is 0.227 e. The van der Waals surface area contributed by atoms with Crippen LogP contribution >= 0.6 is 0 Å². The maximum atomic E-state index is 12.8. The van der Waals surface area contributed by atoms with Crippen molar-refractivity contribution < 1.29 is 14.4 Å². The van der Waals surface area contributed by atoms with E-state index in [2.05, 4.69) is 20.2 Å². The molecular weight excluding hydrogens is 454 g/mol. The van der Waals surface area contributed by atoms with E-state index in [9.17, 15) is 14.4 Å². The van der Waals surface area contributed by atoms with Gasteiger partial charge >= 0.3 is 0 Å². The van der Waals surface area contributed by atoms with E-state index in [-0.39, 0.29) is 30.4 Å². The maximum absolute atomic E-state index is 12.8. The second kappa shape index (κ2) is 11.6. The fourth-order valence-electron chi connectivity index (χ4n) is 4.11. The Morgan fingerprint density at radius 1 is 0.861 bits per heavy atom. The first-order valence-electron chi connectivity index (χ1n) is 12.2. The highest BCUT2D eigenvalue weighted by Gasteiger charge is 2.22. The Kier molecular flexibility index (Phi) is 8.05. The molecule has 0 spiro atoms. The average Bonchev–Trinajstić information content (AvgIpc) is 2.90. The number of hydrogen-bond donors (Lipinski definition) is 1. The molecule has 1 saturated heterocycles. The molecule has 0 radical (unpaired) electrons. The number of benzene rings is 2. The molecule has 36 heavy (non-hydrogen) atoms. The van der Waals surface area contributed by atoms with Gasteiger partial charge in [-0.25, -0.2) is 9.97 Å². The number of aromatic nitrogens is 2.